The Bertz CT molecular complexity index is 907. The van der Waals surface area contributed by atoms with Crippen molar-refractivity contribution in [2.24, 2.45) is 0 Å². The van der Waals surface area contributed by atoms with E-state index in [-0.39, 0.29) is 11.9 Å². The number of aryl methyl sites for hydroxylation is 2. The molecule has 0 radical (unpaired) electrons. The number of hydrogen-bond donors (Lipinski definition) is 0. The highest BCUT2D eigenvalue weighted by Crippen LogP contribution is 2.35. The van der Waals surface area contributed by atoms with Crippen LogP contribution >= 0.6 is 0 Å². The van der Waals surface area contributed by atoms with Crippen LogP contribution in [0.15, 0.2) is 53.3 Å². The van der Waals surface area contributed by atoms with E-state index in [0.29, 0.717) is 24.6 Å². The molecule has 1 aliphatic carbocycles. The van der Waals surface area contributed by atoms with Crippen LogP contribution in [-0.4, -0.2) is 33.0 Å². The topological polar surface area (TPSA) is 72.1 Å². The summed E-state index contributed by atoms with van der Waals surface area (Å²) in [6.45, 7) is 0. The number of amides is 1. The lowest BCUT2D eigenvalue weighted by Gasteiger charge is -2.25. The van der Waals surface area contributed by atoms with E-state index in [2.05, 4.69) is 33.3 Å². The fraction of sp³-hybridized carbons (Fsp3) is 0.300. The van der Waals surface area contributed by atoms with Crippen LogP contribution in [0.5, 0.6) is 0 Å². The lowest BCUT2D eigenvalue weighted by molar-refractivity contribution is -0.132. The first-order valence-corrected chi connectivity index (χ1v) is 8.79. The van der Waals surface area contributed by atoms with Gasteiger partial charge in [0.15, 0.2) is 0 Å². The van der Waals surface area contributed by atoms with E-state index in [0.717, 1.165) is 18.4 Å². The minimum absolute atomic E-state index is 0.0906. The molecule has 6 nitrogen and oxygen atoms in total. The van der Waals surface area contributed by atoms with Gasteiger partial charge < -0.3 is 9.42 Å². The average Bonchev–Trinajstić information content (AvgIpc) is 3.33. The summed E-state index contributed by atoms with van der Waals surface area (Å²) in [5.74, 6) is 1.06. The Morgan fingerprint density at radius 3 is 3.00 bits per heavy atom. The van der Waals surface area contributed by atoms with Gasteiger partial charge in [-0.05, 0) is 36.1 Å². The monoisotopic (exact) mass is 348 g/mol. The number of rotatable bonds is 5. The number of benzene rings is 1. The second kappa shape index (κ2) is 7.07. The van der Waals surface area contributed by atoms with Gasteiger partial charge in [-0.15, -0.1) is 0 Å². The zero-order valence-electron chi connectivity index (χ0n) is 14.6. The molecule has 0 fully saturated rings. The summed E-state index contributed by atoms with van der Waals surface area (Å²) >= 11 is 0. The van der Waals surface area contributed by atoms with Gasteiger partial charge in [-0.3, -0.25) is 9.78 Å². The fourth-order valence-corrected chi connectivity index (χ4v) is 3.47. The third-order valence-electron chi connectivity index (χ3n) is 4.90. The van der Waals surface area contributed by atoms with E-state index < -0.39 is 0 Å². The highest BCUT2D eigenvalue weighted by Gasteiger charge is 2.28. The van der Waals surface area contributed by atoms with Crippen LogP contribution in [0.1, 0.15) is 35.9 Å². The summed E-state index contributed by atoms with van der Waals surface area (Å²) in [4.78, 5) is 22.9. The molecular formula is C20H20N4O2. The smallest absolute Gasteiger partial charge is 0.227 e. The van der Waals surface area contributed by atoms with E-state index in [1.807, 2.05) is 30.1 Å². The summed E-state index contributed by atoms with van der Waals surface area (Å²) in [5, 5.41) is 3.97. The molecule has 0 saturated carbocycles. The molecule has 0 N–H and O–H groups in total. The third-order valence-corrected chi connectivity index (χ3v) is 4.90. The highest BCUT2D eigenvalue weighted by molar-refractivity contribution is 5.76. The van der Waals surface area contributed by atoms with Crippen LogP contribution in [0, 0.1) is 0 Å². The largest absolute Gasteiger partial charge is 0.339 e. The zero-order valence-corrected chi connectivity index (χ0v) is 14.6. The highest BCUT2D eigenvalue weighted by atomic mass is 16.5. The Morgan fingerprint density at radius 2 is 2.15 bits per heavy atom. The minimum atomic E-state index is 0.0906. The molecule has 0 aliphatic heterocycles. The summed E-state index contributed by atoms with van der Waals surface area (Å²) in [6, 6.07) is 12.2. The van der Waals surface area contributed by atoms with Crippen LogP contribution < -0.4 is 0 Å². The fourth-order valence-electron chi connectivity index (χ4n) is 3.47. The van der Waals surface area contributed by atoms with Gasteiger partial charge in [0, 0.05) is 37.8 Å². The molecule has 1 atom stereocenters. The van der Waals surface area contributed by atoms with Crippen LogP contribution in [0.3, 0.4) is 0 Å². The summed E-state index contributed by atoms with van der Waals surface area (Å²) in [5.41, 5.74) is 3.41. The predicted molar refractivity (Wildman–Crippen MR) is 96.1 cm³/mol. The Hall–Kier alpha value is -3.02. The first kappa shape index (κ1) is 16.4. The molecular weight excluding hydrogens is 328 g/mol. The van der Waals surface area contributed by atoms with E-state index in [1.165, 1.54) is 11.1 Å². The van der Waals surface area contributed by atoms with Crippen LogP contribution in [0.2, 0.25) is 0 Å². The molecule has 0 bridgehead atoms. The maximum Gasteiger partial charge on any atom is 0.227 e. The van der Waals surface area contributed by atoms with E-state index in [1.54, 1.807) is 12.4 Å². The Kier molecular flexibility index (Phi) is 4.48. The average molecular weight is 348 g/mol. The molecule has 3 aromatic rings. The normalized spacial score (nSPS) is 15.7. The van der Waals surface area contributed by atoms with Crippen molar-refractivity contribution in [3.8, 4) is 11.4 Å². The van der Waals surface area contributed by atoms with E-state index in [9.17, 15) is 4.79 Å². The third kappa shape index (κ3) is 3.22. The lowest BCUT2D eigenvalue weighted by Crippen LogP contribution is -2.30. The Labute approximate surface area is 151 Å². The number of nitrogens with zero attached hydrogens (tertiary/aromatic N) is 4. The standard InChI is InChI=1S/C20H20N4O2/c1-24(17-9-8-14-5-2-3-7-16(14)17)19(25)11-10-18-22-20(23-26-18)15-6-4-12-21-13-15/h2-7,12-13,17H,8-11H2,1H3. The minimum Gasteiger partial charge on any atom is -0.339 e. The molecule has 26 heavy (non-hydrogen) atoms. The molecule has 1 amide bonds. The van der Waals surface area contributed by atoms with Crippen molar-refractivity contribution in [1.29, 1.82) is 0 Å². The van der Waals surface area contributed by atoms with Crippen molar-refractivity contribution >= 4 is 5.91 Å². The van der Waals surface area contributed by atoms with Gasteiger partial charge in [0.25, 0.3) is 0 Å². The van der Waals surface area contributed by atoms with Crippen molar-refractivity contribution in [2.45, 2.75) is 31.7 Å². The maximum absolute atomic E-state index is 12.6. The second-order valence-electron chi connectivity index (χ2n) is 6.51. The van der Waals surface area contributed by atoms with Crippen molar-refractivity contribution in [2.75, 3.05) is 7.05 Å². The number of pyridine rings is 1. The number of aromatic nitrogens is 3. The molecule has 1 aromatic carbocycles. The van der Waals surface area contributed by atoms with Crippen LogP contribution in [0.4, 0.5) is 0 Å². The lowest BCUT2D eigenvalue weighted by atomic mass is 10.1. The molecule has 4 rings (SSSR count). The summed E-state index contributed by atoms with van der Waals surface area (Å²) < 4.78 is 5.27. The van der Waals surface area contributed by atoms with Crippen LogP contribution in [0.25, 0.3) is 11.4 Å². The molecule has 1 aliphatic rings. The first-order valence-electron chi connectivity index (χ1n) is 8.79. The molecule has 0 spiro atoms. The van der Waals surface area contributed by atoms with Gasteiger partial charge in [0.05, 0.1) is 6.04 Å². The van der Waals surface area contributed by atoms with Gasteiger partial charge in [-0.1, -0.05) is 29.4 Å². The zero-order chi connectivity index (χ0) is 17.9. The number of hydrogen-bond acceptors (Lipinski definition) is 5. The predicted octanol–water partition coefficient (Wildman–Crippen LogP) is 3.21. The summed E-state index contributed by atoms with van der Waals surface area (Å²) in [7, 11) is 1.88. The van der Waals surface area contributed by atoms with Crippen molar-refractivity contribution in [3.63, 3.8) is 0 Å². The maximum atomic E-state index is 12.6. The first-order chi connectivity index (χ1) is 12.7. The van der Waals surface area contributed by atoms with Gasteiger partial charge in [-0.25, -0.2) is 0 Å². The SMILES string of the molecule is CN(C(=O)CCc1nc(-c2cccnc2)no1)C1CCc2ccccc21. The van der Waals surface area contributed by atoms with Crippen molar-refractivity contribution < 1.29 is 9.32 Å². The Balaban J connectivity index is 1.38. The van der Waals surface area contributed by atoms with Crippen molar-refractivity contribution in [1.82, 2.24) is 20.0 Å². The molecule has 132 valence electrons. The molecule has 1 unspecified atom stereocenters. The molecule has 2 heterocycles. The number of fused-ring (bicyclic) bond motifs is 1. The number of carbonyl (C=O) groups excluding carboxylic acids is 1. The van der Waals surface area contributed by atoms with Gasteiger partial charge >= 0.3 is 0 Å². The molecule has 0 saturated heterocycles. The van der Waals surface area contributed by atoms with E-state index in [4.69, 9.17) is 4.52 Å². The summed E-state index contributed by atoms with van der Waals surface area (Å²) in [6.07, 6.45) is 6.17. The van der Waals surface area contributed by atoms with Gasteiger partial charge in [-0.2, -0.15) is 4.98 Å². The van der Waals surface area contributed by atoms with Crippen LogP contribution in [-0.2, 0) is 17.6 Å². The molecule has 6 heteroatoms. The quantitative estimate of drug-likeness (QED) is 0.708. The second-order valence-corrected chi connectivity index (χ2v) is 6.51. The van der Waals surface area contributed by atoms with Gasteiger partial charge in [0.2, 0.25) is 17.6 Å². The van der Waals surface area contributed by atoms with Gasteiger partial charge in [0.1, 0.15) is 0 Å². The van der Waals surface area contributed by atoms with E-state index >= 15 is 0 Å². The molecule has 2 aromatic heterocycles. The Morgan fingerprint density at radius 1 is 1.27 bits per heavy atom. The van der Waals surface area contributed by atoms with Crippen molar-refractivity contribution in [3.05, 3.63) is 65.8 Å². The number of carbonyl (C=O) groups is 1.